The molecule has 2 N–H and O–H groups in total. The summed E-state index contributed by atoms with van der Waals surface area (Å²) in [5.74, 6) is -0.425. The summed E-state index contributed by atoms with van der Waals surface area (Å²) in [6.45, 7) is 0.182. The van der Waals surface area contributed by atoms with E-state index in [0.717, 1.165) is 0 Å². The number of hydrogen-bond donors (Lipinski definition) is 2. The number of carbonyl (C=O) groups is 1. The molecule has 146 valence electrons. The van der Waals surface area contributed by atoms with Crippen molar-refractivity contribution in [2.45, 2.75) is 6.54 Å². The van der Waals surface area contributed by atoms with Gasteiger partial charge in [0, 0.05) is 11.5 Å². The molecular formula is C21H14ClFN2O4. The van der Waals surface area contributed by atoms with E-state index in [1.807, 2.05) is 0 Å². The van der Waals surface area contributed by atoms with Crippen LogP contribution in [0.5, 0.6) is 5.75 Å². The van der Waals surface area contributed by atoms with Crippen molar-refractivity contribution in [1.29, 1.82) is 0 Å². The number of phenolic OH excluding ortho intramolecular Hbond substituents is 1. The quantitative estimate of drug-likeness (QED) is 0.509. The third-order valence-electron chi connectivity index (χ3n) is 4.12. The van der Waals surface area contributed by atoms with E-state index in [-0.39, 0.29) is 28.4 Å². The Morgan fingerprint density at radius 1 is 1.17 bits per heavy atom. The van der Waals surface area contributed by atoms with Gasteiger partial charge in [0.05, 0.1) is 23.5 Å². The van der Waals surface area contributed by atoms with Crippen LogP contribution in [-0.4, -0.2) is 11.0 Å². The number of benzene rings is 2. The highest BCUT2D eigenvalue weighted by Crippen LogP contribution is 2.23. The molecule has 8 heteroatoms. The van der Waals surface area contributed by atoms with Gasteiger partial charge in [0.15, 0.2) is 0 Å². The molecule has 0 aliphatic rings. The fraction of sp³-hybridized carbons (Fsp3) is 0.0476. The highest BCUT2D eigenvalue weighted by Gasteiger charge is 2.14. The number of nitrogens with zero attached hydrogens (tertiary/aromatic N) is 1. The molecule has 0 saturated carbocycles. The molecule has 0 atom stereocenters. The van der Waals surface area contributed by atoms with Gasteiger partial charge < -0.3 is 19.3 Å². The maximum absolute atomic E-state index is 13.4. The van der Waals surface area contributed by atoms with Gasteiger partial charge in [0.1, 0.15) is 28.5 Å². The molecule has 0 aliphatic carbocycles. The van der Waals surface area contributed by atoms with Gasteiger partial charge >= 0.3 is 0 Å². The highest BCUT2D eigenvalue weighted by molar-refractivity contribution is 6.31. The Bertz CT molecular complexity index is 1270. The number of halogens is 2. The van der Waals surface area contributed by atoms with Crippen molar-refractivity contribution < 1.29 is 23.1 Å². The van der Waals surface area contributed by atoms with Gasteiger partial charge in [-0.3, -0.25) is 4.79 Å². The van der Waals surface area contributed by atoms with Crippen molar-refractivity contribution in [2.24, 2.45) is 4.99 Å². The number of furan rings is 1. The molecule has 2 aromatic heterocycles. The Morgan fingerprint density at radius 2 is 2.03 bits per heavy atom. The summed E-state index contributed by atoms with van der Waals surface area (Å²) >= 11 is 5.82. The van der Waals surface area contributed by atoms with Crippen LogP contribution in [0.25, 0.3) is 11.0 Å². The minimum absolute atomic E-state index is 0.00653. The second-order valence-corrected chi connectivity index (χ2v) is 6.57. The minimum Gasteiger partial charge on any atom is -0.508 e. The summed E-state index contributed by atoms with van der Waals surface area (Å²) in [7, 11) is 0. The van der Waals surface area contributed by atoms with E-state index in [1.165, 1.54) is 36.6 Å². The zero-order chi connectivity index (χ0) is 20.4. The van der Waals surface area contributed by atoms with E-state index in [1.54, 1.807) is 24.3 Å². The Kier molecular flexibility index (Phi) is 5.05. The molecule has 2 heterocycles. The number of amides is 1. The topological polar surface area (TPSA) is 88.0 Å². The number of fused-ring (bicyclic) bond motifs is 1. The van der Waals surface area contributed by atoms with Crippen LogP contribution < -0.4 is 10.9 Å². The Morgan fingerprint density at radius 3 is 2.79 bits per heavy atom. The Hall–Kier alpha value is -3.58. The molecule has 0 aliphatic heterocycles. The van der Waals surface area contributed by atoms with Crippen molar-refractivity contribution in [1.82, 2.24) is 5.32 Å². The van der Waals surface area contributed by atoms with Crippen molar-refractivity contribution in [2.75, 3.05) is 0 Å². The molecule has 6 nitrogen and oxygen atoms in total. The lowest BCUT2D eigenvalue weighted by Crippen LogP contribution is -2.28. The van der Waals surface area contributed by atoms with Gasteiger partial charge in [-0.15, -0.1) is 0 Å². The number of carbonyl (C=O) groups excluding carboxylic acids is 1. The third-order valence-corrected chi connectivity index (χ3v) is 4.41. The second kappa shape index (κ2) is 7.81. The average molecular weight is 413 g/mol. The lowest BCUT2D eigenvalue weighted by atomic mass is 10.1. The Balaban J connectivity index is 1.80. The number of phenols is 1. The third kappa shape index (κ3) is 4.14. The summed E-state index contributed by atoms with van der Waals surface area (Å²) in [5, 5.41) is 12.9. The minimum atomic E-state index is -0.581. The summed E-state index contributed by atoms with van der Waals surface area (Å²) < 4.78 is 24.4. The van der Waals surface area contributed by atoms with E-state index in [0.29, 0.717) is 22.4 Å². The molecule has 29 heavy (non-hydrogen) atoms. The van der Waals surface area contributed by atoms with Gasteiger partial charge in [0.25, 0.3) is 5.91 Å². The van der Waals surface area contributed by atoms with Crippen molar-refractivity contribution >= 4 is 34.2 Å². The first-order chi connectivity index (χ1) is 14.0. The second-order valence-electron chi connectivity index (χ2n) is 6.16. The summed E-state index contributed by atoms with van der Waals surface area (Å²) in [6.07, 6.45) is 1.51. The van der Waals surface area contributed by atoms with Crippen LogP contribution in [0, 0.1) is 5.82 Å². The predicted molar refractivity (Wildman–Crippen MR) is 104 cm³/mol. The zero-order valence-electron chi connectivity index (χ0n) is 14.9. The Labute approximate surface area is 168 Å². The number of hydrogen-bond acceptors (Lipinski definition) is 5. The maximum atomic E-state index is 13.4. The van der Waals surface area contributed by atoms with Crippen LogP contribution in [0.15, 0.2) is 74.7 Å². The van der Waals surface area contributed by atoms with Crippen molar-refractivity contribution in [3.63, 3.8) is 0 Å². The van der Waals surface area contributed by atoms with Gasteiger partial charge in [-0.2, -0.15) is 0 Å². The van der Waals surface area contributed by atoms with E-state index < -0.39 is 11.7 Å². The van der Waals surface area contributed by atoms with Gasteiger partial charge in [-0.25, -0.2) is 9.38 Å². The highest BCUT2D eigenvalue weighted by atomic mass is 35.5. The number of aromatic hydroxyl groups is 1. The first-order valence-corrected chi connectivity index (χ1v) is 8.94. The van der Waals surface area contributed by atoms with Gasteiger partial charge in [-0.1, -0.05) is 11.6 Å². The van der Waals surface area contributed by atoms with E-state index in [9.17, 15) is 14.3 Å². The molecule has 0 saturated heterocycles. The van der Waals surface area contributed by atoms with Gasteiger partial charge in [0.2, 0.25) is 5.55 Å². The first kappa shape index (κ1) is 18.8. The molecule has 4 aromatic rings. The van der Waals surface area contributed by atoms with Crippen LogP contribution in [0.2, 0.25) is 5.02 Å². The standard InChI is InChI=1S/C21H14ClFN2O4/c22-17-9-13(4-6-18(17)23)25-21-16(20(27)24-11-15-2-1-7-28-15)8-12-3-5-14(26)10-19(12)29-21/h1-10,26H,11H2,(H,24,27). The fourth-order valence-corrected chi connectivity index (χ4v) is 2.88. The maximum Gasteiger partial charge on any atom is 0.257 e. The van der Waals surface area contributed by atoms with E-state index in [2.05, 4.69) is 10.3 Å². The predicted octanol–water partition coefficient (Wildman–Crippen LogP) is 4.69. The van der Waals surface area contributed by atoms with Crippen LogP contribution in [0.4, 0.5) is 10.1 Å². The first-order valence-electron chi connectivity index (χ1n) is 8.57. The van der Waals surface area contributed by atoms with Crippen molar-refractivity contribution in [3.05, 3.63) is 88.6 Å². The molecular weight excluding hydrogens is 399 g/mol. The van der Waals surface area contributed by atoms with Gasteiger partial charge in [-0.05, 0) is 48.5 Å². The summed E-state index contributed by atoms with van der Waals surface area (Å²) in [6, 6.07) is 13.5. The monoisotopic (exact) mass is 412 g/mol. The lowest BCUT2D eigenvalue weighted by molar-refractivity contribution is 0.0944. The summed E-state index contributed by atoms with van der Waals surface area (Å²) in [5.41, 5.74) is 0.789. The van der Waals surface area contributed by atoms with Crippen LogP contribution in [-0.2, 0) is 6.54 Å². The fourth-order valence-electron chi connectivity index (χ4n) is 2.70. The smallest absolute Gasteiger partial charge is 0.257 e. The summed E-state index contributed by atoms with van der Waals surface area (Å²) in [4.78, 5) is 17.1. The molecule has 0 spiro atoms. The van der Waals surface area contributed by atoms with Crippen LogP contribution in [0.3, 0.4) is 0 Å². The molecule has 0 bridgehead atoms. The largest absolute Gasteiger partial charge is 0.508 e. The SMILES string of the molecule is O=C(NCc1ccco1)c1cc2ccc(O)cc2oc1=Nc1ccc(F)c(Cl)c1. The molecule has 0 radical (unpaired) electrons. The molecule has 0 unspecified atom stereocenters. The van der Waals surface area contributed by atoms with Crippen LogP contribution in [0.1, 0.15) is 16.1 Å². The number of rotatable bonds is 4. The molecule has 4 rings (SSSR count). The van der Waals surface area contributed by atoms with E-state index >= 15 is 0 Å². The normalized spacial score (nSPS) is 11.7. The number of nitrogens with one attached hydrogen (secondary N) is 1. The van der Waals surface area contributed by atoms with Crippen LogP contribution >= 0.6 is 11.6 Å². The van der Waals surface area contributed by atoms with Crippen molar-refractivity contribution in [3.8, 4) is 5.75 Å². The molecule has 0 fully saturated rings. The lowest BCUT2D eigenvalue weighted by Gasteiger charge is -2.06. The zero-order valence-corrected chi connectivity index (χ0v) is 15.6. The van der Waals surface area contributed by atoms with E-state index in [4.69, 9.17) is 20.4 Å². The average Bonchev–Trinajstić information content (AvgIpc) is 3.22. The molecule has 1 amide bonds. The molecule has 2 aromatic carbocycles.